The molecule has 3 rings (SSSR count). The van der Waals surface area contributed by atoms with Gasteiger partial charge in [-0.3, -0.25) is 4.79 Å². The number of carbonyl (C=O) groups excluding carboxylic acids is 1. The molecule has 0 saturated carbocycles. The summed E-state index contributed by atoms with van der Waals surface area (Å²) in [5, 5.41) is -0.262. The lowest BCUT2D eigenvalue weighted by atomic mass is 9.92. The summed E-state index contributed by atoms with van der Waals surface area (Å²) >= 11 is 3.95. The van der Waals surface area contributed by atoms with E-state index in [0.717, 1.165) is 24.0 Å². The van der Waals surface area contributed by atoms with Gasteiger partial charge in [0.05, 0.1) is 0 Å². The fraction of sp³-hybridized carbons (Fsp3) is 0.0952. The second kappa shape index (κ2) is 7.37. The smallest absolute Gasteiger partial charge is 0.216 e. The van der Waals surface area contributed by atoms with E-state index in [1.165, 1.54) is 11.1 Å². The van der Waals surface area contributed by atoms with Crippen LogP contribution in [0.25, 0.3) is 0 Å². The highest BCUT2D eigenvalue weighted by atomic mass is 32.1. The molecule has 3 heteroatoms. The van der Waals surface area contributed by atoms with Crippen molar-refractivity contribution in [2.45, 2.75) is 12.8 Å². The minimum Gasteiger partial charge on any atom is -0.398 e. The second-order valence-electron chi connectivity index (χ2n) is 5.83. The van der Waals surface area contributed by atoms with Crippen LogP contribution in [0.5, 0.6) is 0 Å². The van der Waals surface area contributed by atoms with Crippen LogP contribution in [0.2, 0.25) is 0 Å². The lowest BCUT2D eigenvalue weighted by Gasteiger charge is -2.15. The third kappa shape index (κ3) is 3.87. The molecule has 0 fully saturated rings. The number of hydrogen-bond donors (Lipinski definition) is 2. The molecular weight excluding hydrogens is 314 g/mol. The first kappa shape index (κ1) is 16.3. The predicted molar refractivity (Wildman–Crippen MR) is 103 cm³/mol. The molecule has 0 bridgehead atoms. The van der Waals surface area contributed by atoms with E-state index < -0.39 is 0 Å². The van der Waals surface area contributed by atoms with Crippen molar-refractivity contribution in [2.24, 2.45) is 0 Å². The topological polar surface area (TPSA) is 43.1 Å². The molecule has 0 saturated heterocycles. The van der Waals surface area contributed by atoms with Crippen molar-refractivity contribution in [3.8, 4) is 0 Å². The van der Waals surface area contributed by atoms with Gasteiger partial charge in [-0.2, -0.15) is 0 Å². The lowest BCUT2D eigenvalue weighted by Crippen LogP contribution is -2.05. The molecule has 2 nitrogen and oxygen atoms in total. The molecule has 24 heavy (non-hydrogen) atoms. The quantitative estimate of drug-likeness (QED) is 0.532. The highest BCUT2D eigenvalue weighted by Gasteiger charge is 2.13. The van der Waals surface area contributed by atoms with E-state index >= 15 is 0 Å². The minimum atomic E-state index is -0.262. The van der Waals surface area contributed by atoms with Crippen LogP contribution >= 0.6 is 12.6 Å². The Morgan fingerprint density at radius 3 is 1.92 bits per heavy atom. The van der Waals surface area contributed by atoms with Gasteiger partial charge < -0.3 is 5.73 Å². The van der Waals surface area contributed by atoms with Gasteiger partial charge in [-0.05, 0) is 47.2 Å². The summed E-state index contributed by atoms with van der Waals surface area (Å²) < 4.78 is 0. The molecule has 0 aromatic heterocycles. The molecular formula is C21H19NOS. The van der Waals surface area contributed by atoms with Gasteiger partial charge in [-0.25, -0.2) is 0 Å². The highest BCUT2D eigenvalue weighted by molar-refractivity contribution is 7.97. The molecule has 0 aliphatic heterocycles. The Balaban J connectivity index is 2.03. The van der Waals surface area contributed by atoms with Crippen LogP contribution in [0, 0.1) is 0 Å². The van der Waals surface area contributed by atoms with Gasteiger partial charge in [-0.1, -0.05) is 60.7 Å². The zero-order chi connectivity index (χ0) is 16.9. The van der Waals surface area contributed by atoms with Crippen molar-refractivity contribution in [1.29, 1.82) is 0 Å². The molecule has 0 unspecified atom stereocenters. The van der Waals surface area contributed by atoms with Gasteiger partial charge in [0.2, 0.25) is 5.12 Å². The standard InChI is InChI=1S/C21H19NOS/c22-20-14-18(21(23)24)13-17(11-15-7-3-1-4-8-15)19(20)12-16-9-5-2-6-10-16/h1-10,13-14H,11-12,22H2,(H,23,24). The highest BCUT2D eigenvalue weighted by Crippen LogP contribution is 2.26. The number of thiol groups is 1. The van der Waals surface area contributed by atoms with Crippen LogP contribution in [-0.4, -0.2) is 5.12 Å². The number of benzene rings is 3. The molecule has 0 aliphatic rings. The van der Waals surface area contributed by atoms with Crippen molar-refractivity contribution in [1.82, 2.24) is 0 Å². The molecule has 0 aliphatic carbocycles. The van der Waals surface area contributed by atoms with Crippen LogP contribution in [-0.2, 0) is 12.8 Å². The van der Waals surface area contributed by atoms with Crippen molar-refractivity contribution in [3.63, 3.8) is 0 Å². The molecule has 0 amide bonds. The Morgan fingerprint density at radius 2 is 1.38 bits per heavy atom. The van der Waals surface area contributed by atoms with Crippen LogP contribution in [0.3, 0.4) is 0 Å². The first-order chi connectivity index (χ1) is 11.6. The molecule has 0 heterocycles. The SMILES string of the molecule is Nc1cc(C(=O)S)cc(Cc2ccccc2)c1Cc1ccccc1. The molecule has 120 valence electrons. The fourth-order valence-electron chi connectivity index (χ4n) is 2.87. The minimum absolute atomic E-state index is 0.262. The molecule has 0 atom stereocenters. The molecule has 2 N–H and O–H groups in total. The first-order valence-electron chi connectivity index (χ1n) is 7.86. The van der Waals surface area contributed by atoms with E-state index in [0.29, 0.717) is 11.3 Å². The van der Waals surface area contributed by atoms with Crippen LogP contribution < -0.4 is 5.73 Å². The van der Waals surface area contributed by atoms with Crippen molar-refractivity contribution < 1.29 is 4.79 Å². The monoisotopic (exact) mass is 333 g/mol. The first-order valence-corrected chi connectivity index (χ1v) is 8.30. The maximum Gasteiger partial charge on any atom is 0.216 e. The van der Waals surface area contributed by atoms with E-state index in [2.05, 4.69) is 36.9 Å². The summed E-state index contributed by atoms with van der Waals surface area (Å²) in [5.74, 6) is 0. The van der Waals surface area contributed by atoms with Gasteiger partial charge >= 0.3 is 0 Å². The number of nitrogens with two attached hydrogens (primary N) is 1. The summed E-state index contributed by atoms with van der Waals surface area (Å²) in [6, 6.07) is 24.0. The third-order valence-corrected chi connectivity index (χ3v) is 4.34. The Morgan fingerprint density at radius 1 is 0.833 bits per heavy atom. The van der Waals surface area contributed by atoms with Crippen molar-refractivity contribution >= 4 is 23.4 Å². The predicted octanol–water partition coefficient (Wildman–Crippen LogP) is 4.52. The summed E-state index contributed by atoms with van der Waals surface area (Å²) in [4.78, 5) is 11.7. The van der Waals surface area contributed by atoms with E-state index in [1.807, 2.05) is 42.5 Å². The van der Waals surface area contributed by atoms with Crippen LogP contribution in [0.15, 0.2) is 72.8 Å². The van der Waals surface area contributed by atoms with Gasteiger partial charge in [0.1, 0.15) is 0 Å². The van der Waals surface area contributed by atoms with E-state index in [-0.39, 0.29) is 5.12 Å². The van der Waals surface area contributed by atoms with Gasteiger partial charge in [0, 0.05) is 11.3 Å². The number of hydrogen-bond acceptors (Lipinski definition) is 2. The Labute approximate surface area is 147 Å². The zero-order valence-corrected chi connectivity index (χ0v) is 14.2. The van der Waals surface area contributed by atoms with Crippen molar-refractivity contribution in [2.75, 3.05) is 5.73 Å². The number of nitrogen functional groups attached to an aromatic ring is 1. The second-order valence-corrected chi connectivity index (χ2v) is 6.24. The van der Waals surface area contributed by atoms with Crippen LogP contribution in [0.4, 0.5) is 5.69 Å². The molecule has 0 spiro atoms. The number of rotatable bonds is 5. The summed E-state index contributed by atoms with van der Waals surface area (Å²) in [5.41, 5.74) is 12.0. The maximum atomic E-state index is 11.7. The lowest BCUT2D eigenvalue weighted by molar-refractivity contribution is 0.109. The summed E-state index contributed by atoms with van der Waals surface area (Å²) in [6.07, 6.45) is 1.48. The van der Waals surface area contributed by atoms with Gasteiger partial charge in [0.25, 0.3) is 0 Å². The Hall–Kier alpha value is -2.52. The summed E-state index contributed by atoms with van der Waals surface area (Å²) in [7, 11) is 0. The van der Waals surface area contributed by atoms with E-state index in [1.54, 1.807) is 6.07 Å². The number of anilines is 1. The Kier molecular flexibility index (Phi) is 5.02. The van der Waals surface area contributed by atoms with E-state index in [4.69, 9.17) is 5.73 Å². The largest absolute Gasteiger partial charge is 0.398 e. The van der Waals surface area contributed by atoms with E-state index in [9.17, 15) is 4.79 Å². The average Bonchev–Trinajstić information content (AvgIpc) is 2.59. The summed E-state index contributed by atoms with van der Waals surface area (Å²) in [6.45, 7) is 0. The number of carbonyl (C=O) groups is 1. The van der Waals surface area contributed by atoms with Gasteiger partial charge in [-0.15, -0.1) is 12.6 Å². The normalized spacial score (nSPS) is 10.5. The zero-order valence-electron chi connectivity index (χ0n) is 13.3. The third-order valence-electron chi connectivity index (χ3n) is 4.08. The molecule has 0 radical (unpaired) electrons. The average molecular weight is 333 g/mol. The van der Waals surface area contributed by atoms with Crippen LogP contribution in [0.1, 0.15) is 32.6 Å². The fourth-order valence-corrected chi connectivity index (χ4v) is 3.00. The van der Waals surface area contributed by atoms with Crippen molar-refractivity contribution in [3.05, 3.63) is 101 Å². The Bertz CT molecular complexity index is 844. The van der Waals surface area contributed by atoms with Gasteiger partial charge in [0.15, 0.2) is 0 Å². The molecule has 3 aromatic carbocycles. The maximum absolute atomic E-state index is 11.7. The molecule has 3 aromatic rings.